The number of para-hydroxylation sites is 1. The van der Waals surface area contributed by atoms with Gasteiger partial charge in [0, 0.05) is 6.54 Å². The molecule has 0 saturated heterocycles. The minimum absolute atomic E-state index is 0.127. The van der Waals surface area contributed by atoms with Crippen LogP contribution in [-0.4, -0.2) is 31.1 Å². The van der Waals surface area contributed by atoms with Crippen LogP contribution in [0.1, 0.15) is 53.1 Å². The number of hydrogen-bond acceptors (Lipinski definition) is 5. The Labute approximate surface area is 210 Å². The van der Waals surface area contributed by atoms with E-state index in [1.54, 1.807) is 36.3 Å². The highest BCUT2D eigenvalue weighted by molar-refractivity contribution is 5.99. The Morgan fingerprint density at radius 1 is 0.917 bits per heavy atom. The van der Waals surface area contributed by atoms with Crippen molar-refractivity contribution in [3.8, 4) is 11.5 Å². The average molecular weight is 484 g/mol. The number of benzene rings is 3. The fourth-order valence-electron chi connectivity index (χ4n) is 4.67. The first-order valence-corrected chi connectivity index (χ1v) is 12.3. The van der Waals surface area contributed by atoms with Crippen molar-refractivity contribution < 1.29 is 18.7 Å². The second-order valence-corrected chi connectivity index (χ2v) is 8.94. The molecule has 0 bridgehead atoms. The molecule has 6 heteroatoms. The second kappa shape index (κ2) is 10.3. The molecule has 4 aromatic rings. The van der Waals surface area contributed by atoms with E-state index >= 15 is 0 Å². The molecule has 1 aromatic heterocycles. The van der Waals surface area contributed by atoms with Gasteiger partial charge in [-0.05, 0) is 60.4 Å². The molecule has 0 fully saturated rings. The first-order valence-electron chi connectivity index (χ1n) is 12.3. The lowest BCUT2D eigenvalue weighted by molar-refractivity contribution is 0.0730. The number of rotatable bonds is 9. The summed E-state index contributed by atoms with van der Waals surface area (Å²) in [5, 5.41) is 0.477. The topological polar surface area (TPSA) is 69.0 Å². The van der Waals surface area contributed by atoms with Crippen molar-refractivity contribution in [2.75, 3.05) is 20.3 Å². The molecule has 0 radical (unpaired) electrons. The van der Waals surface area contributed by atoms with E-state index in [-0.39, 0.29) is 17.1 Å². The van der Waals surface area contributed by atoms with Crippen LogP contribution in [0.2, 0.25) is 0 Å². The maximum absolute atomic E-state index is 13.6. The first kappa shape index (κ1) is 23.7. The number of fused-ring (bicyclic) bond motifs is 2. The third kappa shape index (κ3) is 4.47. The number of nitrogens with zero attached hydrogens (tertiary/aromatic N) is 1. The molecule has 1 amide bonds. The van der Waals surface area contributed by atoms with Crippen LogP contribution in [0.5, 0.6) is 11.5 Å². The Kier molecular flexibility index (Phi) is 6.76. The van der Waals surface area contributed by atoms with E-state index in [1.807, 2.05) is 48.5 Å². The van der Waals surface area contributed by atoms with Gasteiger partial charge in [0.1, 0.15) is 17.1 Å². The predicted molar refractivity (Wildman–Crippen MR) is 139 cm³/mol. The van der Waals surface area contributed by atoms with Gasteiger partial charge in [0.15, 0.2) is 5.43 Å². The van der Waals surface area contributed by atoms with Crippen LogP contribution < -0.4 is 14.9 Å². The molecule has 0 saturated carbocycles. The summed E-state index contributed by atoms with van der Waals surface area (Å²) in [5.74, 6) is 1.41. The zero-order valence-corrected chi connectivity index (χ0v) is 20.5. The fourth-order valence-corrected chi connectivity index (χ4v) is 4.67. The number of amides is 1. The Morgan fingerprint density at radius 2 is 1.64 bits per heavy atom. The number of unbranched alkanes of at least 4 members (excludes halogenated alkanes) is 1. The van der Waals surface area contributed by atoms with Gasteiger partial charge in [-0.3, -0.25) is 9.59 Å². The average Bonchev–Trinajstić information content (AvgIpc) is 3.20. The van der Waals surface area contributed by atoms with Crippen molar-refractivity contribution in [3.05, 3.63) is 105 Å². The Balaban J connectivity index is 1.52. The van der Waals surface area contributed by atoms with Crippen LogP contribution in [0.4, 0.5) is 0 Å². The number of ether oxygens (including phenoxy) is 2. The SMILES string of the molecule is CCCCOc1ccc([C@H]2c3c(oc4ccccc4c3=O)C(=O)N2CCc2ccc(OC)cc2)cc1. The summed E-state index contributed by atoms with van der Waals surface area (Å²) in [4.78, 5) is 28.9. The van der Waals surface area contributed by atoms with E-state index < -0.39 is 6.04 Å². The number of carbonyl (C=O) groups excluding carboxylic acids is 1. The van der Waals surface area contributed by atoms with Crippen molar-refractivity contribution >= 4 is 16.9 Å². The Morgan fingerprint density at radius 3 is 2.36 bits per heavy atom. The molecule has 1 atom stereocenters. The molecule has 1 aliphatic rings. The minimum atomic E-state index is -0.531. The molecular formula is C30H29NO5. The summed E-state index contributed by atoms with van der Waals surface area (Å²) in [5.41, 5.74) is 2.57. The number of hydrogen-bond donors (Lipinski definition) is 0. The molecule has 2 heterocycles. The van der Waals surface area contributed by atoms with Crippen LogP contribution in [0.15, 0.2) is 82.0 Å². The Bertz CT molecular complexity index is 1420. The summed E-state index contributed by atoms with van der Waals surface area (Å²) < 4.78 is 17.1. The van der Waals surface area contributed by atoms with Crippen LogP contribution in [-0.2, 0) is 6.42 Å². The molecule has 3 aromatic carbocycles. The molecule has 0 aliphatic carbocycles. The third-order valence-corrected chi connectivity index (χ3v) is 6.64. The van der Waals surface area contributed by atoms with Crippen LogP contribution in [0, 0.1) is 0 Å². The standard InChI is InChI=1S/C30H29NO5/c1-3-4-19-35-23-15-11-21(12-16-23)27-26-28(32)24-7-5-6-8-25(24)36-29(26)30(33)31(27)18-17-20-9-13-22(34-2)14-10-20/h5-16,27H,3-4,17-19H2,1-2H3/t27-/m0/s1. The molecule has 184 valence electrons. The van der Waals surface area contributed by atoms with Gasteiger partial charge in [-0.1, -0.05) is 49.7 Å². The first-order chi connectivity index (χ1) is 17.6. The monoisotopic (exact) mass is 483 g/mol. The highest BCUT2D eigenvalue weighted by Gasteiger charge is 2.42. The highest BCUT2D eigenvalue weighted by atomic mass is 16.5. The maximum Gasteiger partial charge on any atom is 0.290 e. The molecular weight excluding hydrogens is 454 g/mol. The summed E-state index contributed by atoms with van der Waals surface area (Å²) >= 11 is 0. The summed E-state index contributed by atoms with van der Waals surface area (Å²) in [6.45, 7) is 3.21. The highest BCUT2D eigenvalue weighted by Crippen LogP contribution is 2.38. The molecule has 0 spiro atoms. The number of methoxy groups -OCH3 is 1. The van der Waals surface area contributed by atoms with Crippen LogP contribution >= 0.6 is 0 Å². The molecule has 0 unspecified atom stereocenters. The largest absolute Gasteiger partial charge is 0.497 e. The van der Waals surface area contributed by atoms with Gasteiger partial charge in [-0.15, -0.1) is 0 Å². The van der Waals surface area contributed by atoms with Gasteiger partial charge < -0.3 is 18.8 Å². The quantitative estimate of drug-likeness (QED) is 0.283. The minimum Gasteiger partial charge on any atom is -0.497 e. The van der Waals surface area contributed by atoms with Crippen molar-refractivity contribution in [2.24, 2.45) is 0 Å². The van der Waals surface area contributed by atoms with Gasteiger partial charge in [0.25, 0.3) is 5.91 Å². The normalized spacial score (nSPS) is 14.8. The second-order valence-electron chi connectivity index (χ2n) is 8.94. The van der Waals surface area contributed by atoms with Crippen LogP contribution in [0.25, 0.3) is 11.0 Å². The lowest BCUT2D eigenvalue weighted by Crippen LogP contribution is -2.31. The lowest BCUT2D eigenvalue weighted by Gasteiger charge is -2.25. The van der Waals surface area contributed by atoms with E-state index in [1.165, 1.54) is 0 Å². The van der Waals surface area contributed by atoms with Gasteiger partial charge in [0.05, 0.1) is 30.7 Å². The molecule has 1 aliphatic heterocycles. The van der Waals surface area contributed by atoms with Gasteiger partial charge in [0.2, 0.25) is 5.76 Å². The Hall–Kier alpha value is -4.06. The van der Waals surface area contributed by atoms with Gasteiger partial charge in [-0.2, -0.15) is 0 Å². The van der Waals surface area contributed by atoms with Crippen molar-refractivity contribution in [1.82, 2.24) is 4.90 Å². The van der Waals surface area contributed by atoms with Crippen molar-refractivity contribution in [1.29, 1.82) is 0 Å². The van der Waals surface area contributed by atoms with Gasteiger partial charge >= 0.3 is 0 Å². The fraction of sp³-hybridized carbons (Fsp3) is 0.267. The lowest BCUT2D eigenvalue weighted by atomic mass is 9.98. The van der Waals surface area contributed by atoms with E-state index in [4.69, 9.17) is 13.9 Å². The summed E-state index contributed by atoms with van der Waals surface area (Å²) in [7, 11) is 1.63. The van der Waals surface area contributed by atoms with E-state index in [2.05, 4.69) is 6.92 Å². The molecule has 0 N–H and O–H groups in total. The summed E-state index contributed by atoms with van der Waals surface area (Å²) in [6, 6.07) is 22.0. The third-order valence-electron chi connectivity index (χ3n) is 6.64. The van der Waals surface area contributed by atoms with Crippen molar-refractivity contribution in [3.63, 3.8) is 0 Å². The van der Waals surface area contributed by atoms with Crippen LogP contribution in [0.3, 0.4) is 0 Å². The number of carbonyl (C=O) groups is 1. The smallest absolute Gasteiger partial charge is 0.290 e. The van der Waals surface area contributed by atoms with E-state index in [0.29, 0.717) is 36.1 Å². The zero-order chi connectivity index (χ0) is 25.1. The molecule has 5 rings (SSSR count). The zero-order valence-electron chi connectivity index (χ0n) is 20.5. The predicted octanol–water partition coefficient (Wildman–Crippen LogP) is 5.77. The molecule has 36 heavy (non-hydrogen) atoms. The van der Waals surface area contributed by atoms with Crippen molar-refractivity contribution in [2.45, 2.75) is 32.2 Å². The van der Waals surface area contributed by atoms with E-state index in [0.717, 1.165) is 35.5 Å². The van der Waals surface area contributed by atoms with Gasteiger partial charge in [-0.25, -0.2) is 0 Å². The summed E-state index contributed by atoms with van der Waals surface area (Å²) in [6.07, 6.45) is 2.68. The maximum atomic E-state index is 13.6. The molecule has 6 nitrogen and oxygen atoms in total. The van der Waals surface area contributed by atoms with E-state index in [9.17, 15) is 9.59 Å².